The van der Waals surface area contributed by atoms with Gasteiger partial charge in [-0.3, -0.25) is 0 Å². The number of rotatable bonds is 6. The lowest BCUT2D eigenvalue weighted by Gasteiger charge is -2.27. The second-order valence-electron chi connectivity index (χ2n) is 4.47. The van der Waals surface area contributed by atoms with Crippen molar-refractivity contribution in [3.8, 4) is 0 Å². The van der Waals surface area contributed by atoms with Crippen molar-refractivity contribution < 1.29 is 0 Å². The molecule has 96 valence electrons. The van der Waals surface area contributed by atoms with E-state index in [-0.39, 0.29) is 0 Å². The van der Waals surface area contributed by atoms with E-state index in [9.17, 15) is 0 Å². The summed E-state index contributed by atoms with van der Waals surface area (Å²) < 4.78 is 1.19. The first kappa shape index (κ1) is 15.0. The zero-order chi connectivity index (χ0) is 12.8. The number of anilines is 1. The van der Waals surface area contributed by atoms with Crippen molar-refractivity contribution >= 4 is 37.5 Å². The molecule has 0 fully saturated rings. The lowest BCUT2D eigenvalue weighted by atomic mass is 10.1. The monoisotopic (exact) mass is 361 g/mol. The Morgan fingerprint density at radius 2 is 2.00 bits per heavy atom. The summed E-state index contributed by atoms with van der Waals surface area (Å²) in [4.78, 5) is 2.44. The number of hydrogen-bond donors (Lipinski definition) is 0. The minimum atomic E-state index is 0.734. The van der Waals surface area contributed by atoms with Crippen LogP contribution in [0.25, 0.3) is 0 Å². The first-order valence-electron chi connectivity index (χ1n) is 6.21. The largest absolute Gasteiger partial charge is 0.371 e. The van der Waals surface area contributed by atoms with Crippen molar-refractivity contribution in [2.75, 3.05) is 18.0 Å². The van der Waals surface area contributed by atoms with E-state index in [4.69, 9.17) is 0 Å². The van der Waals surface area contributed by atoms with Crippen molar-refractivity contribution in [1.29, 1.82) is 0 Å². The van der Waals surface area contributed by atoms with Crippen LogP contribution in [0, 0.1) is 5.92 Å². The van der Waals surface area contributed by atoms with Crippen molar-refractivity contribution in [2.24, 2.45) is 5.92 Å². The first-order chi connectivity index (χ1) is 8.12. The van der Waals surface area contributed by atoms with Crippen LogP contribution in [-0.4, -0.2) is 13.1 Å². The molecular weight excluding hydrogens is 342 g/mol. The van der Waals surface area contributed by atoms with Crippen molar-refractivity contribution in [3.05, 3.63) is 28.2 Å². The van der Waals surface area contributed by atoms with E-state index in [1.165, 1.54) is 22.1 Å². The molecule has 17 heavy (non-hydrogen) atoms. The van der Waals surface area contributed by atoms with Crippen molar-refractivity contribution in [3.63, 3.8) is 0 Å². The summed E-state index contributed by atoms with van der Waals surface area (Å²) in [5.74, 6) is 0.734. The molecule has 0 saturated heterocycles. The molecule has 1 atom stereocenters. The molecule has 1 unspecified atom stereocenters. The Hall–Kier alpha value is -0.0200. The van der Waals surface area contributed by atoms with Gasteiger partial charge >= 0.3 is 0 Å². The van der Waals surface area contributed by atoms with E-state index in [2.05, 4.69) is 75.7 Å². The predicted octanol–water partition coefficient (Wildman–Crippen LogP) is 5.22. The standard InChI is InChI=1S/C14H21Br2N/c1-4-11(3)10-17(5-2)14-7-6-12(9-15)8-13(14)16/h6-8,11H,4-5,9-10H2,1-3H3. The molecule has 0 aliphatic rings. The molecule has 0 bridgehead atoms. The average molecular weight is 363 g/mol. The minimum absolute atomic E-state index is 0.734. The number of hydrogen-bond acceptors (Lipinski definition) is 1. The lowest BCUT2D eigenvalue weighted by Crippen LogP contribution is -2.28. The van der Waals surface area contributed by atoms with Gasteiger partial charge in [0.15, 0.2) is 0 Å². The molecule has 0 aliphatic heterocycles. The van der Waals surface area contributed by atoms with Gasteiger partial charge in [0.2, 0.25) is 0 Å². The van der Waals surface area contributed by atoms with Crippen molar-refractivity contribution in [1.82, 2.24) is 0 Å². The van der Waals surface area contributed by atoms with Gasteiger partial charge in [-0.05, 0) is 46.5 Å². The average Bonchev–Trinajstić information content (AvgIpc) is 2.35. The Labute approximate surface area is 122 Å². The molecule has 0 amide bonds. The quantitative estimate of drug-likeness (QED) is 0.627. The van der Waals surface area contributed by atoms with Crippen LogP contribution >= 0.6 is 31.9 Å². The molecule has 0 aliphatic carbocycles. The molecule has 0 heterocycles. The maximum absolute atomic E-state index is 3.68. The Morgan fingerprint density at radius 3 is 2.47 bits per heavy atom. The van der Waals surface area contributed by atoms with E-state index < -0.39 is 0 Å². The van der Waals surface area contributed by atoms with E-state index in [1.807, 2.05) is 0 Å². The molecule has 1 nitrogen and oxygen atoms in total. The van der Waals surface area contributed by atoms with Crippen LogP contribution in [-0.2, 0) is 5.33 Å². The van der Waals surface area contributed by atoms with Crippen molar-refractivity contribution in [2.45, 2.75) is 32.5 Å². The van der Waals surface area contributed by atoms with E-state index >= 15 is 0 Å². The Bertz CT molecular complexity index is 352. The number of benzene rings is 1. The fourth-order valence-corrected chi connectivity index (χ4v) is 2.82. The molecule has 1 aromatic carbocycles. The van der Waals surface area contributed by atoms with Gasteiger partial charge in [-0.15, -0.1) is 0 Å². The highest BCUT2D eigenvalue weighted by Crippen LogP contribution is 2.28. The van der Waals surface area contributed by atoms with Gasteiger partial charge < -0.3 is 4.90 Å². The summed E-state index contributed by atoms with van der Waals surface area (Å²) in [7, 11) is 0. The van der Waals surface area contributed by atoms with E-state index in [0.717, 1.165) is 24.3 Å². The maximum atomic E-state index is 3.68. The summed E-state index contributed by atoms with van der Waals surface area (Å²) in [6, 6.07) is 6.60. The van der Waals surface area contributed by atoms with Gasteiger partial charge in [0.1, 0.15) is 0 Å². The molecule has 0 saturated carbocycles. The summed E-state index contributed by atoms with van der Waals surface area (Å²) in [5.41, 5.74) is 2.61. The van der Waals surface area contributed by atoms with Crippen LogP contribution in [0.2, 0.25) is 0 Å². The van der Waals surface area contributed by atoms with Gasteiger partial charge in [-0.1, -0.05) is 42.3 Å². The molecule has 0 aromatic heterocycles. The van der Waals surface area contributed by atoms with Gasteiger partial charge in [-0.25, -0.2) is 0 Å². The molecule has 0 N–H and O–H groups in total. The normalized spacial score (nSPS) is 12.5. The van der Waals surface area contributed by atoms with Gasteiger partial charge in [-0.2, -0.15) is 0 Å². The van der Waals surface area contributed by atoms with Gasteiger partial charge in [0.05, 0.1) is 5.69 Å². The molecule has 3 heteroatoms. The zero-order valence-electron chi connectivity index (χ0n) is 10.8. The highest BCUT2D eigenvalue weighted by molar-refractivity contribution is 9.10. The Morgan fingerprint density at radius 1 is 1.29 bits per heavy atom. The molecule has 0 spiro atoms. The summed E-state index contributed by atoms with van der Waals surface area (Å²) >= 11 is 7.17. The third-order valence-electron chi connectivity index (χ3n) is 3.12. The van der Waals surface area contributed by atoms with Crippen LogP contribution in [0.4, 0.5) is 5.69 Å². The van der Waals surface area contributed by atoms with Crippen LogP contribution in [0.1, 0.15) is 32.8 Å². The van der Waals surface area contributed by atoms with E-state index in [1.54, 1.807) is 0 Å². The van der Waals surface area contributed by atoms with Crippen LogP contribution < -0.4 is 4.90 Å². The second-order valence-corrected chi connectivity index (χ2v) is 5.89. The third kappa shape index (κ3) is 4.29. The van der Waals surface area contributed by atoms with Gasteiger partial charge in [0.25, 0.3) is 0 Å². The molecule has 1 rings (SSSR count). The second kappa shape index (κ2) is 7.42. The highest BCUT2D eigenvalue weighted by atomic mass is 79.9. The number of alkyl halides is 1. The van der Waals surface area contributed by atoms with Crippen LogP contribution in [0.15, 0.2) is 22.7 Å². The smallest absolute Gasteiger partial charge is 0.0510 e. The molecule has 1 aromatic rings. The fraction of sp³-hybridized carbons (Fsp3) is 0.571. The summed E-state index contributed by atoms with van der Waals surface area (Å²) in [6.07, 6.45) is 1.23. The number of nitrogens with zero attached hydrogens (tertiary/aromatic N) is 1. The zero-order valence-corrected chi connectivity index (χ0v) is 14.0. The summed E-state index contributed by atoms with van der Waals surface area (Å²) in [5, 5.41) is 0.906. The highest BCUT2D eigenvalue weighted by Gasteiger charge is 2.11. The molecule has 0 radical (unpaired) electrons. The maximum Gasteiger partial charge on any atom is 0.0510 e. The predicted molar refractivity (Wildman–Crippen MR) is 84.1 cm³/mol. The third-order valence-corrected chi connectivity index (χ3v) is 4.40. The Kier molecular flexibility index (Phi) is 6.57. The fourth-order valence-electron chi connectivity index (χ4n) is 1.79. The first-order valence-corrected chi connectivity index (χ1v) is 8.13. The lowest BCUT2D eigenvalue weighted by molar-refractivity contribution is 0.547. The molecular formula is C14H21Br2N. The topological polar surface area (TPSA) is 3.24 Å². The SMILES string of the molecule is CCC(C)CN(CC)c1ccc(CBr)cc1Br. The summed E-state index contributed by atoms with van der Waals surface area (Å²) in [6.45, 7) is 8.95. The Balaban J connectivity index is 2.88. The van der Waals surface area contributed by atoms with Gasteiger partial charge in [0, 0.05) is 22.9 Å². The van der Waals surface area contributed by atoms with Crippen LogP contribution in [0.3, 0.4) is 0 Å². The minimum Gasteiger partial charge on any atom is -0.371 e. The van der Waals surface area contributed by atoms with E-state index in [0.29, 0.717) is 0 Å². The number of halogens is 2. The van der Waals surface area contributed by atoms with Crippen LogP contribution in [0.5, 0.6) is 0 Å².